The van der Waals surface area contributed by atoms with Gasteiger partial charge < -0.3 is 4.74 Å². The van der Waals surface area contributed by atoms with Gasteiger partial charge in [-0.15, -0.1) is 0 Å². The first-order valence-corrected chi connectivity index (χ1v) is 9.13. The fraction of sp³-hybridized carbons (Fsp3) is 0.375. The van der Waals surface area contributed by atoms with Gasteiger partial charge in [-0.3, -0.25) is 4.79 Å². The molecule has 1 aromatic heterocycles. The Morgan fingerprint density at radius 3 is 2.33 bits per heavy atom. The second-order valence-electron chi connectivity index (χ2n) is 5.75. The molecule has 0 amide bonds. The molecule has 1 aliphatic rings. The van der Waals surface area contributed by atoms with Crippen LogP contribution in [-0.4, -0.2) is 30.0 Å². The van der Waals surface area contributed by atoms with Crippen molar-refractivity contribution in [2.24, 2.45) is 5.92 Å². The molecule has 0 aliphatic heterocycles. The summed E-state index contributed by atoms with van der Waals surface area (Å²) in [6.45, 7) is 0. The zero-order chi connectivity index (χ0) is 17.3. The zero-order valence-electron chi connectivity index (χ0n) is 13.2. The van der Waals surface area contributed by atoms with Gasteiger partial charge in [0.25, 0.3) is 10.0 Å². The minimum atomic E-state index is -4.06. The largest absolute Gasteiger partial charge is 0.497 e. The topological polar surface area (TPSA) is 87.4 Å². The lowest BCUT2D eigenvalue weighted by atomic mass is 10.1. The molecule has 0 unspecified atom stereocenters. The van der Waals surface area contributed by atoms with Crippen molar-refractivity contribution in [3.8, 4) is 5.75 Å². The van der Waals surface area contributed by atoms with Gasteiger partial charge in [0.15, 0.2) is 0 Å². The van der Waals surface area contributed by atoms with Crippen molar-refractivity contribution < 1.29 is 17.9 Å². The van der Waals surface area contributed by atoms with Gasteiger partial charge in [0.05, 0.1) is 12.0 Å². The van der Waals surface area contributed by atoms with E-state index >= 15 is 0 Å². The van der Waals surface area contributed by atoms with E-state index in [1.54, 1.807) is 0 Å². The molecular weight excluding hydrogens is 332 g/mol. The number of imidazole rings is 1. The summed E-state index contributed by atoms with van der Waals surface area (Å²) in [5, 5.41) is 0. The third kappa shape index (κ3) is 2.77. The van der Waals surface area contributed by atoms with Crippen molar-refractivity contribution in [3.05, 3.63) is 47.1 Å². The van der Waals surface area contributed by atoms with E-state index < -0.39 is 15.7 Å². The molecule has 0 atom stereocenters. The summed E-state index contributed by atoms with van der Waals surface area (Å²) in [7, 11) is -2.58. The lowest BCUT2D eigenvalue weighted by Crippen LogP contribution is -2.34. The van der Waals surface area contributed by atoms with Gasteiger partial charge in [0.2, 0.25) is 5.91 Å². The number of nitrogens with zero attached hydrogens (tertiary/aromatic N) is 2. The second kappa shape index (κ2) is 6.27. The van der Waals surface area contributed by atoms with Crippen LogP contribution in [0.3, 0.4) is 0 Å². The van der Waals surface area contributed by atoms with Crippen molar-refractivity contribution >= 4 is 15.9 Å². The van der Waals surface area contributed by atoms with E-state index in [0.29, 0.717) is 9.72 Å². The summed E-state index contributed by atoms with van der Waals surface area (Å²) in [6, 6.07) is 5.71. The molecule has 0 N–H and O–H groups in total. The van der Waals surface area contributed by atoms with Gasteiger partial charge >= 0.3 is 5.69 Å². The van der Waals surface area contributed by atoms with Crippen LogP contribution in [0, 0.1) is 5.92 Å². The minimum absolute atomic E-state index is 0.0449. The number of ether oxygens (including phenoxy) is 1. The van der Waals surface area contributed by atoms with E-state index in [0.717, 1.165) is 36.4 Å². The van der Waals surface area contributed by atoms with Crippen molar-refractivity contribution in [2.75, 3.05) is 7.11 Å². The summed E-state index contributed by atoms with van der Waals surface area (Å²) >= 11 is 0. The Morgan fingerprint density at radius 1 is 1.12 bits per heavy atom. The number of hydrogen-bond acceptors (Lipinski definition) is 5. The molecule has 0 spiro atoms. The highest BCUT2D eigenvalue weighted by Gasteiger charge is 2.28. The van der Waals surface area contributed by atoms with Crippen molar-refractivity contribution in [3.63, 3.8) is 0 Å². The van der Waals surface area contributed by atoms with Gasteiger partial charge in [-0.1, -0.05) is 12.8 Å². The van der Waals surface area contributed by atoms with Crippen LogP contribution in [0.25, 0.3) is 0 Å². The fourth-order valence-electron chi connectivity index (χ4n) is 2.94. The van der Waals surface area contributed by atoms with E-state index in [9.17, 15) is 18.0 Å². The molecule has 1 aliphatic carbocycles. The summed E-state index contributed by atoms with van der Waals surface area (Å²) < 4.78 is 31.7. The molecule has 1 saturated carbocycles. The van der Waals surface area contributed by atoms with Crippen molar-refractivity contribution in [2.45, 2.75) is 30.6 Å². The highest BCUT2D eigenvalue weighted by Crippen LogP contribution is 2.26. The average Bonchev–Trinajstić information content (AvgIpc) is 3.24. The van der Waals surface area contributed by atoms with Gasteiger partial charge in [-0.25, -0.2) is 17.8 Å². The molecule has 8 heteroatoms. The van der Waals surface area contributed by atoms with Crippen LogP contribution in [0.15, 0.2) is 46.3 Å². The molecular formula is C16H18N2O5S. The molecule has 24 heavy (non-hydrogen) atoms. The third-order valence-electron chi connectivity index (χ3n) is 4.30. The molecule has 0 saturated heterocycles. The van der Waals surface area contributed by atoms with Crippen LogP contribution in [0.2, 0.25) is 0 Å². The van der Waals surface area contributed by atoms with E-state index in [-0.39, 0.29) is 16.7 Å². The Labute approximate surface area is 139 Å². The predicted molar refractivity (Wildman–Crippen MR) is 86.9 cm³/mol. The number of rotatable bonds is 4. The Morgan fingerprint density at radius 2 is 1.75 bits per heavy atom. The van der Waals surface area contributed by atoms with Gasteiger partial charge in [0.1, 0.15) is 5.75 Å². The first kappa shape index (κ1) is 16.5. The maximum atomic E-state index is 12.6. The Bertz CT molecular complexity index is 903. The maximum Gasteiger partial charge on any atom is 0.349 e. The first-order chi connectivity index (χ1) is 11.4. The first-order valence-electron chi connectivity index (χ1n) is 7.69. The SMILES string of the molecule is COc1ccc(S(=O)(=O)n2ccn(C(=O)C3CCCC3)c2=O)cc1. The number of methoxy groups -OCH3 is 1. The standard InChI is InChI=1S/C16H18N2O5S/c1-23-13-6-8-14(9-7-13)24(21,22)18-11-10-17(16(18)20)15(19)12-4-2-3-5-12/h6-12H,2-5H2,1H3. The fourth-order valence-corrected chi connectivity index (χ4v) is 4.16. The lowest BCUT2D eigenvalue weighted by Gasteiger charge is -2.08. The van der Waals surface area contributed by atoms with Crippen LogP contribution < -0.4 is 10.4 Å². The zero-order valence-corrected chi connectivity index (χ0v) is 14.0. The molecule has 2 aromatic rings. The Kier molecular flexibility index (Phi) is 4.31. The normalized spacial score (nSPS) is 15.5. The molecule has 128 valence electrons. The monoisotopic (exact) mass is 350 g/mol. The molecule has 0 bridgehead atoms. The van der Waals surface area contributed by atoms with Crippen LogP contribution in [0.4, 0.5) is 0 Å². The molecule has 1 fully saturated rings. The quantitative estimate of drug-likeness (QED) is 0.838. The highest BCUT2D eigenvalue weighted by molar-refractivity contribution is 7.90. The molecule has 1 heterocycles. The van der Waals surface area contributed by atoms with Gasteiger partial charge in [-0.2, -0.15) is 3.97 Å². The predicted octanol–water partition coefficient (Wildman–Crippen LogP) is 1.73. The van der Waals surface area contributed by atoms with Crippen LogP contribution in [-0.2, 0) is 10.0 Å². The molecule has 1 aromatic carbocycles. The summed E-state index contributed by atoms with van der Waals surface area (Å²) in [5.74, 6) is -0.0290. The maximum absolute atomic E-state index is 12.6. The molecule has 0 radical (unpaired) electrons. The number of carbonyl (C=O) groups excluding carboxylic acids is 1. The van der Waals surface area contributed by atoms with Crippen molar-refractivity contribution in [1.82, 2.24) is 8.54 Å². The van der Waals surface area contributed by atoms with Crippen molar-refractivity contribution in [1.29, 1.82) is 0 Å². The Hall–Kier alpha value is -2.35. The summed E-state index contributed by atoms with van der Waals surface area (Å²) in [4.78, 5) is 24.7. The minimum Gasteiger partial charge on any atom is -0.497 e. The van der Waals surface area contributed by atoms with Crippen LogP contribution in [0.1, 0.15) is 30.5 Å². The van der Waals surface area contributed by atoms with Crippen LogP contribution >= 0.6 is 0 Å². The van der Waals surface area contributed by atoms with Gasteiger partial charge in [0, 0.05) is 18.3 Å². The smallest absolute Gasteiger partial charge is 0.349 e. The Balaban J connectivity index is 1.97. The van der Waals surface area contributed by atoms with E-state index in [1.165, 1.54) is 37.6 Å². The number of benzene rings is 1. The number of hydrogen-bond donors (Lipinski definition) is 0. The molecule has 3 rings (SSSR count). The number of carbonyl (C=O) groups is 1. The molecule has 7 nitrogen and oxygen atoms in total. The van der Waals surface area contributed by atoms with E-state index in [2.05, 4.69) is 0 Å². The summed E-state index contributed by atoms with van der Waals surface area (Å²) in [6.07, 6.45) is 5.73. The highest BCUT2D eigenvalue weighted by atomic mass is 32.2. The van der Waals surface area contributed by atoms with Crippen LogP contribution in [0.5, 0.6) is 5.75 Å². The average molecular weight is 350 g/mol. The van der Waals surface area contributed by atoms with Gasteiger partial charge in [-0.05, 0) is 37.1 Å². The number of aromatic nitrogens is 2. The lowest BCUT2D eigenvalue weighted by molar-refractivity contribution is 0.0832. The summed E-state index contributed by atoms with van der Waals surface area (Å²) in [5.41, 5.74) is -0.859. The van der Waals surface area contributed by atoms with E-state index in [4.69, 9.17) is 4.74 Å². The third-order valence-corrected chi connectivity index (χ3v) is 5.97. The van der Waals surface area contributed by atoms with E-state index in [1.807, 2.05) is 0 Å². The second-order valence-corrected chi connectivity index (χ2v) is 7.56.